The molecule has 4 rings (SSSR count). The number of halogens is 3. The Kier molecular flexibility index (Phi) is 5.09. The van der Waals surface area contributed by atoms with Gasteiger partial charge in [0.2, 0.25) is 0 Å². The fraction of sp³-hybridized carbons (Fsp3) is 0.0952. The van der Waals surface area contributed by atoms with Gasteiger partial charge in [-0.3, -0.25) is 0 Å². The lowest BCUT2D eigenvalue weighted by molar-refractivity contribution is 0.0602. The summed E-state index contributed by atoms with van der Waals surface area (Å²) in [7, 11) is 1.18. The molecule has 0 fully saturated rings. The summed E-state index contributed by atoms with van der Waals surface area (Å²) in [6.45, 7) is 1.67. The predicted molar refractivity (Wildman–Crippen MR) is 105 cm³/mol. The normalized spacial score (nSPS) is 11.0. The number of rotatable bonds is 4. The Bertz CT molecular complexity index is 1250. The number of hydrogen-bond acceptors (Lipinski definition) is 5. The topological polar surface area (TPSA) is 70.2 Å². The van der Waals surface area contributed by atoms with E-state index in [4.69, 9.17) is 20.9 Å². The standard InChI is InChI=1S/C21H14ClF2N3O3/c1-11-12(10-25-27(11)16-9-4-3-7-14(16)23)20-18(21(28)29-2)19(26-30-20)17-13(22)6-5-8-15(17)24/h3-10H,1-2H3. The molecule has 0 aliphatic heterocycles. The smallest absolute Gasteiger partial charge is 0.344 e. The lowest BCUT2D eigenvalue weighted by Gasteiger charge is -2.07. The van der Waals surface area contributed by atoms with Crippen molar-refractivity contribution >= 4 is 17.6 Å². The number of nitrogens with zero attached hydrogens (tertiary/aromatic N) is 3. The molecule has 2 heterocycles. The van der Waals surface area contributed by atoms with Gasteiger partial charge in [0.1, 0.15) is 28.6 Å². The molecule has 0 bridgehead atoms. The van der Waals surface area contributed by atoms with Crippen molar-refractivity contribution in [3.63, 3.8) is 0 Å². The molecule has 6 nitrogen and oxygen atoms in total. The zero-order valence-corrected chi connectivity index (χ0v) is 16.6. The van der Waals surface area contributed by atoms with Crippen LogP contribution in [0.2, 0.25) is 5.02 Å². The van der Waals surface area contributed by atoms with Gasteiger partial charge in [-0.2, -0.15) is 5.10 Å². The molecule has 0 atom stereocenters. The molecule has 2 aromatic carbocycles. The second-order valence-corrected chi connectivity index (χ2v) is 6.74. The first-order valence-corrected chi connectivity index (χ1v) is 9.14. The van der Waals surface area contributed by atoms with Gasteiger partial charge in [0, 0.05) is 0 Å². The summed E-state index contributed by atoms with van der Waals surface area (Å²) in [5.41, 5.74) is 0.766. The fourth-order valence-corrected chi connectivity index (χ4v) is 3.41. The Morgan fingerprint density at radius 2 is 1.87 bits per heavy atom. The van der Waals surface area contributed by atoms with Crippen LogP contribution in [0.4, 0.5) is 8.78 Å². The summed E-state index contributed by atoms with van der Waals surface area (Å²) in [6.07, 6.45) is 1.40. The minimum absolute atomic E-state index is 0.0104. The molecule has 9 heteroatoms. The molecule has 0 spiro atoms. The molecule has 4 aromatic rings. The van der Waals surface area contributed by atoms with E-state index in [-0.39, 0.29) is 33.3 Å². The number of ether oxygens (including phenoxy) is 1. The molecular formula is C21H14ClF2N3O3. The Labute approximate surface area is 174 Å². The molecule has 0 saturated heterocycles. The van der Waals surface area contributed by atoms with Crippen molar-refractivity contribution in [2.45, 2.75) is 6.92 Å². The Balaban J connectivity index is 1.93. The van der Waals surface area contributed by atoms with E-state index in [2.05, 4.69) is 10.3 Å². The van der Waals surface area contributed by atoms with E-state index in [1.807, 2.05) is 0 Å². The van der Waals surface area contributed by atoms with Crippen LogP contribution in [0.3, 0.4) is 0 Å². The quantitative estimate of drug-likeness (QED) is 0.416. The average Bonchev–Trinajstić information content (AvgIpc) is 3.31. The molecule has 0 aliphatic carbocycles. The van der Waals surface area contributed by atoms with Crippen LogP contribution in [0.5, 0.6) is 0 Å². The average molecular weight is 430 g/mol. The van der Waals surface area contributed by atoms with Crippen LogP contribution in [0, 0.1) is 18.6 Å². The number of aromatic nitrogens is 3. The van der Waals surface area contributed by atoms with Gasteiger partial charge in [-0.05, 0) is 31.2 Å². The van der Waals surface area contributed by atoms with Gasteiger partial charge in [-0.15, -0.1) is 0 Å². The maximum absolute atomic E-state index is 14.5. The number of carbonyl (C=O) groups is 1. The van der Waals surface area contributed by atoms with Gasteiger partial charge in [-0.25, -0.2) is 18.3 Å². The van der Waals surface area contributed by atoms with E-state index in [1.165, 1.54) is 42.3 Å². The summed E-state index contributed by atoms with van der Waals surface area (Å²) < 4.78 is 40.3. The summed E-state index contributed by atoms with van der Waals surface area (Å²) in [6, 6.07) is 10.2. The summed E-state index contributed by atoms with van der Waals surface area (Å²) in [4.78, 5) is 12.6. The zero-order chi connectivity index (χ0) is 21.4. The molecule has 0 unspecified atom stereocenters. The van der Waals surface area contributed by atoms with Crippen LogP contribution >= 0.6 is 11.6 Å². The van der Waals surface area contributed by atoms with Crippen LogP contribution in [-0.2, 0) is 4.74 Å². The van der Waals surface area contributed by atoms with Crippen molar-refractivity contribution < 1.29 is 22.8 Å². The summed E-state index contributed by atoms with van der Waals surface area (Å²) >= 11 is 6.14. The van der Waals surface area contributed by atoms with Crippen LogP contribution in [0.25, 0.3) is 28.3 Å². The lowest BCUT2D eigenvalue weighted by Crippen LogP contribution is -2.05. The van der Waals surface area contributed by atoms with Crippen molar-refractivity contribution in [1.29, 1.82) is 0 Å². The molecular weight excluding hydrogens is 416 g/mol. The fourth-order valence-electron chi connectivity index (χ4n) is 3.16. The molecule has 0 aliphatic rings. The van der Waals surface area contributed by atoms with Crippen molar-refractivity contribution in [2.24, 2.45) is 0 Å². The monoisotopic (exact) mass is 429 g/mol. The molecule has 152 valence electrons. The van der Waals surface area contributed by atoms with E-state index in [9.17, 15) is 13.6 Å². The number of benzene rings is 2. The number of para-hydroxylation sites is 1. The van der Waals surface area contributed by atoms with Gasteiger partial charge in [-0.1, -0.05) is 35.0 Å². The highest BCUT2D eigenvalue weighted by molar-refractivity contribution is 6.33. The molecule has 0 amide bonds. The molecule has 30 heavy (non-hydrogen) atoms. The van der Waals surface area contributed by atoms with E-state index in [1.54, 1.807) is 25.1 Å². The molecule has 2 aromatic heterocycles. The molecule has 0 radical (unpaired) electrons. The number of methoxy groups -OCH3 is 1. The minimum atomic E-state index is -0.793. The van der Waals surface area contributed by atoms with E-state index in [0.29, 0.717) is 11.3 Å². The number of esters is 1. The number of hydrogen-bond donors (Lipinski definition) is 0. The third-order valence-corrected chi connectivity index (χ3v) is 4.93. The minimum Gasteiger partial charge on any atom is -0.465 e. The van der Waals surface area contributed by atoms with Crippen LogP contribution in [0.1, 0.15) is 16.1 Å². The Hall–Kier alpha value is -3.52. The van der Waals surface area contributed by atoms with Gasteiger partial charge in [0.25, 0.3) is 0 Å². The van der Waals surface area contributed by atoms with E-state index in [0.717, 1.165) is 0 Å². The Morgan fingerprint density at radius 1 is 1.13 bits per heavy atom. The molecule has 0 N–H and O–H groups in total. The van der Waals surface area contributed by atoms with Gasteiger partial charge in [0.15, 0.2) is 5.76 Å². The van der Waals surface area contributed by atoms with Crippen molar-refractivity contribution in [2.75, 3.05) is 7.11 Å². The highest BCUT2D eigenvalue weighted by Gasteiger charge is 2.30. The number of carbonyl (C=O) groups excluding carboxylic acids is 1. The second kappa shape index (κ2) is 7.72. The van der Waals surface area contributed by atoms with Crippen LogP contribution < -0.4 is 0 Å². The highest BCUT2D eigenvalue weighted by Crippen LogP contribution is 2.38. The zero-order valence-electron chi connectivity index (χ0n) is 15.8. The largest absolute Gasteiger partial charge is 0.465 e. The first-order valence-electron chi connectivity index (χ1n) is 8.76. The maximum Gasteiger partial charge on any atom is 0.344 e. The van der Waals surface area contributed by atoms with E-state index >= 15 is 0 Å². The summed E-state index contributed by atoms with van der Waals surface area (Å²) in [5.74, 6) is -1.93. The highest BCUT2D eigenvalue weighted by atomic mass is 35.5. The molecule has 0 saturated carbocycles. The predicted octanol–water partition coefficient (Wildman–Crippen LogP) is 5.22. The van der Waals surface area contributed by atoms with Gasteiger partial charge < -0.3 is 9.26 Å². The van der Waals surface area contributed by atoms with Gasteiger partial charge >= 0.3 is 5.97 Å². The van der Waals surface area contributed by atoms with E-state index < -0.39 is 17.6 Å². The first kappa shape index (κ1) is 19.8. The second-order valence-electron chi connectivity index (χ2n) is 6.33. The van der Waals surface area contributed by atoms with Crippen molar-refractivity contribution in [3.8, 4) is 28.3 Å². The van der Waals surface area contributed by atoms with Crippen LogP contribution in [0.15, 0.2) is 53.2 Å². The van der Waals surface area contributed by atoms with Crippen molar-refractivity contribution in [1.82, 2.24) is 14.9 Å². The summed E-state index contributed by atoms with van der Waals surface area (Å²) in [5, 5.41) is 8.14. The van der Waals surface area contributed by atoms with Crippen molar-refractivity contribution in [3.05, 3.63) is 76.6 Å². The maximum atomic E-state index is 14.5. The van der Waals surface area contributed by atoms with Crippen LogP contribution in [-0.4, -0.2) is 28.0 Å². The third kappa shape index (κ3) is 3.15. The van der Waals surface area contributed by atoms with Gasteiger partial charge in [0.05, 0.1) is 35.2 Å². The first-order chi connectivity index (χ1) is 14.4. The Morgan fingerprint density at radius 3 is 2.57 bits per heavy atom. The SMILES string of the molecule is COC(=O)c1c(-c2c(F)cccc2Cl)noc1-c1cnn(-c2ccccc2F)c1C. The lowest BCUT2D eigenvalue weighted by atomic mass is 10.0. The third-order valence-electron chi connectivity index (χ3n) is 4.62.